The molecule has 2 heterocycles. The largest absolute Gasteiger partial charge is 0.383 e. The van der Waals surface area contributed by atoms with Crippen LogP contribution < -0.4 is 4.90 Å². The molecule has 100 valence electrons. The van der Waals surface area contributed by atoms with Crippen molar-refractivity contribution < 1.29 is 9.53 Å². The molecule has 0 aromatic carbocycles. The maximum atomic E-state index is 11.3. The third-order valence-electron chi connectivity index (χ3n) is 2.87. The zero-order valence-electron chi connectivity index (χ0n) is 11.0. The molecule has 0 aliphatic carbocycles. The molecule has 0 amide bonds. The molecule has 19 heavy (non-hydrogen) atoms. The van der Waals surface area contributed by atoms with Gasteiger partial charge in [-0.25, -0.2) is 4.98 Å². The van der Waals surface area contributed by atoms with Gasteiger partial charge in [0.1, 0.15) is 11.3 Å². The monoisotopic (exact) mass is 259 g/mol. The summed E-state index contributed by atoms with van der Waals surface area (Å²) in [4.78, 5) is 17.8. The van der Waals surface area contributed by atoms with Gasteiger partial charge in [0, 0.05) is 26.4 Å². The normalized spacial score (nSPS) is 10.6. The summed E-state index contributed by atoms with van der Waals surface area (Å²) < 4.78 is 6.87. The number of nitrogens with zero attached hydrogens (tertiary/aromatic N) is 3. The van der Waals surface area contributed by atoms with Crippen molar-refractivity contribution in [3.05, 3.63) is 42.7 Å². The number of carbonyl (C=O) groups is 1. The number of imidazole rings is 1. The summed E-state index contributed by atoms with van der Waals surface area (Å²) in [6, 6.07) is 5.64. The smallest absolute Gasteiger partial charge is 0.170 e. The molecule has 0 bridgehead atoms. The summed E-state index contributed by atoms with van der Waals surface area (Å²) in [5.41, 5.74) is 1.31. The van der Waals surface area contributed by atoms with Crippen LogP contribution in [0.3, 0.4) is 0 Å². The van der Waals surface area contributed by atoms with E-state index in [-0.39, 0.29) is 0 Å². The molecule has 0 aliphatic rings. The van der Waals surface area contributed by atoms with Gasteiger partial charge in [-0.2, -0.15) is 0 Å². The average Bonchev–Trinajstić information content (AvgIpc) is 2.81. The third kappa shape index (κ3) is 2.66. The molecule has 0 aliphatic heterocycles. The summed E-state index contributed by atoms with van der Waals surface area (Å²) >= 11 is 0. The lowest BCUT2D eigenvalue weighted by atomic mass is 10.3. The Bertz CT molecular complexity index is 577. The number of ether oxygens (including phenoxy) is 1. The number of hydrogen-bond acceptors (Lipinski definition) is 4. The molecule has 0 saturated heterocycles. The van der Waals surface area contributed by atoms with Crippen LogP contribution in [0.1, 0.15) is 10.5 Å². The van der Waals surface area contributed by atoms with Crippen LogP contribution in [-0.4, -0.2) is 42.5 Å². The Morgan fingerprint density at radius 1 is 1.53 bits per heavy atom. The second kappa shape index (κ2) is 6.15. The molecule has 5 heteroatoms. The van der Waals surface area contributed by atoms with Crippen molar-refractivity contribution in [2.45, 2.75) is 0 Å². The van der Waals surface area contributed by atoms with Crippen molar-refractivity contribution in [2.24, 2.45) is 0 Å². The molecule has 0 radical (unpaired) electrons. The molecule has 0 atom stereocenters. The van der Waals surface area contributed by atoms with Gasteiger partial charge in [0.25, 0.3) is 0 Å². The lowest BCUT2D eigenvalue weighted by molar-refractivity contribution is 0.111. The van der Waals surface area contributed by atoms with Gasteiger partial charge < -0.3 is 9.64 Å². The second-order valence-corrected chi connectivity index (χ2v) is 4.09. The summed E-state index contributed by atoms with van der Waals surface area (Å²) in [5.74, 6) is 0.665. The number of methoxy groups -OCH3 is 1. The van der Waals surface area contributed by atoms with E-state index in [9.17, 15) is 4.79 Å². The number of aldehydes is 1. The fourth-order valence-electron chi connectivity index (χ4n) is 1.99. The van der Waals surface area contributed by atoms with E-state index in [2.05, 4.69) is 11.6 Å². The van der Waals surface area contributed by atoms with Gasteiger partial charge in [-0.05, 0) is 12.1 Å². The molecule has 2 aromatic heterocycles. The number of anilines is 1. The quantitative estimate of drug-likeness (QED) is 0.562. The molecule has 0 unspecified atom stereocenters. The molecule has 0 N–H and O–H groups in total. The Labute approximate surface area is 112 Å². The zero-order chi connectivity index (χ0) is 13.7. The van der Waals surface area contributed by atoms with Crippen LogP contribution in [0.4, 0.5) is 5.82 Å². The molecular weight excluding hydrogens is 242 g/mol. The topological polar surface area (TPSA) is 46.8 Å². The Hall–Kier alpha value is -2.14. The van der Waals surface area contributed by atoms with E-state index in [1.807, 2.05) is 29.3 Å². The fourth-order valence-corrected chi connectivity index (χ4v) is 1.99. The van der Waals surface area contributed by atoms with Crippen molar-refractivity contribution in [1.82, 2.24) is 9.38 Å². The van der Waals surface area contributed by atoms with Gasteiger partial charge in [-0.3, -0.25) is 9.20 Å². The Morgan fingerprint density at radius 2 is 2.37 bits per heavy atom. The lowest BCUT2D eigenvalue weighted by Gasteiger charge is -2.20. The van der Waals surface area contributed by atoms with Crippen LogP contribution in [0.2, 0.25) is 0 Å². The van der Waals surface area contributed by atoms with Crippen LogP contribution >= 0.6 is 0 Å². The molecule has 0 fully saturated rings. The van der Waals surface area contributed by atoms with Crippen molar-refractivity contribution in [2.75, 3.05) is 31.7 Å². The lowest BCUT2D eigenvalue weighted by Crippen LogP contribution is -2.28. The SMILES string of the molecule is C=CCN(CCOC)c1nc2ccccn2c1C=O. The highest BCUT2D eigenvalue weighted by atomic mass is 16.5. The van der Waals surface area contributed by atoms with Crippen LogP contribution in [0.5, 0.6) is 0 Å². The number of carbonyl (C=O) groups excluding carboxylic acids is 1. The van der Waals surface area contributed by atoms with Gasteiger partial charge in [0.2, 0.25) is 0 Å². The van der Waals surface area contributed by atoms with E-state index in [1.54, 1.807) is 17.6 Å². The van der Waals surface area contributed by atoms with E-state index in [1.165, 1.54) is 0 Å². The summed E-state index contributed by atoms with van der Waals surface area (Å²) in [7, 11) is 1.65. The number of pyridine rings is 1. The minimum atomic E-state index is 0.550. The molecular formula is C14H17N3O2. The van der Waals surface area contributed by atoms with Crippen molar-refractivity contribution in [1.29, 1.82) is 0 Å². The van der Waals surface area contributed by atoms with E-state index in [4.69, 9.17) is 4.74 Å². The standard InChI is InChI=1S/C14H17N3O2/c1-3-7-16(9-10-19-2)14-12(11-18)17-8-5-4-6-13(17)15-14/h3-6,8,11H,1,7,9-10H2,2H3. The van der Waals surface area contributed by atoms with Crippen LogP contribution in [0.25, 0.3) is 5.65 Å². The van der Waals surface area contributed by atoms with Crippen LogP contribution in [0, 0.1) is 0 Å². The maximum Gasteiger partial charge on any atom is 0.170 e. The average molecular weight is 259 g/mol. The molecule has 0 spiro atoms. The Balaban J connectivity index is 2.45. The predicted molar refractivity (Wildman–Crippen MR) is 74.9 cm³/mol. The molecule has 0 saturated carbocycles. The van der Waals surface area contributed by atoms with Gasteiger partial charge in [-0.15, -0.1) is 6.58 Å². The van der Waals surface area contributed by atoms with Gasteiger partial charge in [0.15, 0.2) is 12.1 Å². The van der Waals surface area contributed by atoms with Crippen LogP contribution in [-0.2, 0) is 4.74 Å². The number of hydrogen-bond donors (Lipinski definition) is 0. The minimum absolute atomic E-state index is 0.550. The Kier molecular flexibility index (Phi) is 4.30. The molecule has 5 nitrogen and oxygen atoms in total. The van der Waals surface area contributed by atoms with Gasteiger partial charge in [0.05, 0.1) is 6.61 Å². The summed E-state index contributed by atoms with van der Waals surface area (Å²) in [6.45, 7) is 5.59. The van der Waals surface area contributed by atoms with E-state index in [0.29, 0.717) is 31.2 Å². The van der Waals surface area contributed by atoms with E-state index >= 15 is 0 Å². The highest BCUT2D eigenvalue weighted by Gasteiger charge is 2.16. The summed E-state index contributed by atoms with van der Waals surface area (Å²) in [6.07, 6.45) is 4.45. The fraction of sp³-hybridized carbons (Fsp3) is 0.286. The molecule has 2 aromatic rings. The summed E-state index contributed by atoms with van der Waals surface area (Å²) in [5, 5.41) is 0. The first kappa shape index (κ1) is 13.3. The Morgan fingerprint density at radius 3 is 3.05 bits per heavy atom. The predicted octanol–water partition coefficient (Wildman–Crippen LogP) is 1.79. The highest BCUT2D eigenvalue weighted by molar-refractivity contribution is 5.83. The van der Waals surface area contributed by atoms with Crippen molar-refractivity contribution >= 4 is 17.8 Å². The van der Waals surface area contributed by atoms with Crippen molar-refractivity contribution in [3.63, 3.8) is 0 Å². The molecule has 2 rings (SSSR count). The highest BCUT2D eigenvalue weighted by Crippen LogP contribution is 2.20. The number of rotatable bonds is 7. The minimum Gasteiger partial charge on any atom is -0.383 e. The second-order valence-electron chi connectivity index (χ2n) is 4.09. The van der Waals surface area contributed by atoms with Gasteiger partial charge >= 0.3 is 0 Å². The first-order valence-electron chi connectivity index (χ1n) is 6.09. The van der Waals surface area contributed by atoms with E-state index < -0.39 is 0 Å². The van der Waals surface area contributed by atoms with E-state index in [0.717, 1.165) is 11.9 Å². The first-order valence-corrected chi connectivity index (χ1v) is 6.09. The van der Waals surface area contributed by atoms with Crippen LogP contribution in [0.15, 0.2) is 37.1 Å². The maximum absolute atomic E-state index is 11.3. The van der Waals surface area contributed by atoms with Gasteiger partial charge in [-0.1, -0.05) is 12.1 Å². The number of aromatic nitrogens is 2. The zero-order valence-corrected chi connectivity index (χ0v) is 11.0. The first-order chi connectivity index (χ1) is 9.31. The van der Waals surface area contributed by atoms with Crippen molar-refractivity contribution in [3.8, 4) is 0 Å². The number of fused-ring (bicyclic) bond motifs is 1. The third-order valence-corrected chi connectivity index (χ3v) is 2.87.